The van der Waals surface area contributed by atoms with Crippen LogP contribution in [0.1, 0.15) is 17.5 Å². The highest BCUT2D eigenvalue weighted by atomic mass is 19.1. The molecule has 3 heterocycles. The Bertz CT molecular complexity index is 1240. The Labute approximate surface area is 204 Å². The Morgan fingerprint density at radius 3 is 2.56 bits per heavy atom. The third kappa shape index (κ3) is 4.20. The summed E-state index contributed by atoms with van der Waals surface area (Å²) in [5, 5.41) is 13.4. The summed E-state index contributed by atoms with van der Waals surface area (Å²) in [7, 11) is 1.63. The van der Waals surface area contributed by atoms with E-state index in [1.807, 2.05) is 4.90 Å². The number of piperidine rings is 1. The van der Waals surface area contributed by atoms with Gasteiger partial charge in [-0.2, -0.15) is 0 Å². The largest absolute Gasteiger partial charge is 0.442 e. The predicted molar refractivity (Wildman–Crippen MR) is 123 cm³/mol. The molecule has 3 atom stereocenters. The van der Waals surface area contributed by atoms with Crippen molar-refractivity contribution in [1.82, 2.24) is 10.2 Å². The Kier molecular flexibility index (Phi) is 5.77. The fraction of sp³-hybridized carbons (Fsp3) is 0.435. The average Bonchev–Trinajstić information content (AvgIpc) is 3.26. The van der Waals surface area contributed by atoms with Gasteiger partial charge in [0.05, 0.1) is 30.5 Å². The van der Waals surface area contributed by atoms with Gasteiger partial charge in [0, 0.05) is 44.9 Å². The number of anilines is 2. The number of fused-ring (bicyclic) bond motifs is 1. The van der Waals surface area contributed by atoms with E-state index in [1.54, 1.807) is 19.2 Å². The summed E-state index contributed by atoms with van der Waals surface area (Å²) >= 11 is 0. The fourth-order valence-electron chi connectivity index (χ4n) is 5.13. The third-order valence-electron chi connectivity index (χ3n) is 6.94. The molecule has 0 bridgehead atoms. The van der Waals surface area contributed by atoms with Crippen LogP contribution in [0.2, 0.25) is 0 Å². The maximum absolute atomic E-state index is 15.0. The monoisotopic (exact) mass is 501 g/mol. The lowest BCUT2D eigenvalue weighted by Crippen LogP contribution is -2.36. The van der Waals surface area contributed by atoms with Crippen LogP contribution in [0.15, 0.2) is 34.7 Å². The zero-order valence-corrected chi connectivity index (χ0v) is 19.5. The lowest BCUT2D eigenvalue weighted by Gasteiger charge is -2.26. The summed E-state index contributed by atoms with van der Waals surface area (Å²) in [5.74, 6) is -1.43. The molecule has 2 unspecified atom stereocenters. The van der Waals surface area contributed by atoms with Crippen molar-refractivity contribution < 1.29 is 32.9 Å². The molecule has 3 fully saturated rings. The van der Waals surface area contributed by atoms with Crippen LogP contribution in [0.5, 0.6) is 0 Å². The van der Waals surface area contributed by atoms with Gasteiger partial charge < -0.3 is 24.3 Å². The molecule has 1 aromatic carbocycles. The van der Waals surface area contributed by atoms with E-state index in [9.17, 15) is 24.5 Å². The highest BCUT2D eigenvalue weighted by Gasteiger charge is 2.59. The van der Waals surface area contributed by atoms with Crippen LogP contribution >= 0.6 is 0 Å². The Hall–Kier alpha value is -4.16. The molecule has 36 heavy (non-hydrogen) atoms. The third-order valence-corrected chi connectivity index (χ3v) is 6.94. The van der Waals surface area contributed by atoms with Crippen LogP contribution in [-0.2, 0) is 9.53 Å². The minimum atomic E-state index is -0.697. The Morgan fingerprint density at radius 2 is 1.94 bits per heavy atom. The zero-order valence-electron chi connectivity index (χ0n) is 19.5. The number of amides is 3. The minimum absolute atomic E-state index is 0.0554. The molecule has 2 aliphatic heterocycles. The fourth-order valence-corrected chi connectivity index (χ4v) is 5.13. The van der Waals surface area contributed by atoms with Crippen LogP contribution < -0.4 is 15.1 Å². The summed E-state index contributed by atoms with van der Waals surface area (Å²) in [6, 6.07) is 6.94. The molecule has 0 radical (unpaired) electrons. The normalized spacial score (nSPS) is 24.4. The van der Waals surface area contributed by atoms with Crippen molar-refractivity contribution in [2.75, 3.05) is 43.0 Å². The average molecular weight is 501 g/mol. The van der Waals surface area contributed by atoms with Gasteiger partial charge in [0.15, 0.2) is 5.76 Å². The van der Waals surface area contributed by atoms with E-state index in [2.05, 4.69) is 5.32 Å². The van der Waals surface area contributed by atoms with Crippen LogP contribution in [-0.4, -0.2) is 73.1 Å². The van der Waals surface area contributed by atoms with Crippen molar-refractivity contribution in [1.29, 1.82) is 0 Å². The van der Waals surface area contributed by atoms with Crippen LogP contribution in [0, 0.1) is 27.8 Å². The number of nitrogens with one attached hydrogen (secondary N) is 1. The van der Waals surface area contributed by atoms with Crippen molar-refractivity contribution in [3.8, 4) is 0 Å². The van der Waals surface area contributed by atoms with Gasteiger partial charge in [-0.15, -0.1) is 0 Å². The first-order chi connectivity index (χ1) is 17.1. The molecule has 1 saturated carbocycles. The van der Waals surface area contributed by atoms with Gasteiger partial charge in [0.25, 0.3) is 5.91 Å². The van der Waals surface area contributed by atoms with E-state index in [0.29, 0.717) is 24.5 Å². The van der Waals surface area contributed by atoms with Crippen molar-refractivity contribution in [2.24, 2.45) is 11.8 Å². The van der Waals surface area contributed by atoms with Crippen LogP contribution in [0.3, 0.4) is 0 Å². The predicted octanol–water partition coefficient (Wildman–Crippen LogP) is 2.00. The molecule has 5 rings (SSSR count). The SMILES string of the molecule is CC(=O)NC[C@H]1CN(c2ccc(N3CC4C(C3)C4N(C)C(=O)c3ccc([N+](=O)[O-])o3)c(F)c2)C(=O)O1. The van der Waals surface area contributed by atoms with E-state index in [0.717, 1.165) is 6.07 Å². The molecular weight excluding hydrogens is 477 g/mol. The molecule has 12 nitrogen and oxygen atoms in total. The molecule has 2 aromatic rings. The van der Waals surface area contributed by atoms with Gasteiger partial charge >= 0.3 is 12.0 Å². The maximum atomic E-state index is 15.0. The van der Waals surface area contributed by atoms with E-state index < -0.39 is 34.7 Å². The standard InChI is InChI=1S/C23H24FN5O7/c1-12(30)25-8-14-9-28(23(32)35-14)13-3-4-18(17(24)7-13)27-10-15-16(11-27)21(15)26(2)22(31)19-5-6-20(36-19)29(33)34/h3-7,14-16,21H,8-11H2,1-2H3,(H,25,30)/t14-,15?,16?,21?/m0/s1. The molecular formula is C23H24FN5O7. The topological polar surface area (TPSA) is 138 Å². The molecule has 1 N–H and O–H groups in total. The summed E-state index contributed by atoms with van der Waals surface area (Å²) in [4.78, 5) is 50.8. The number of halogens is 1. The van der Waals surface area contributed by atoms with Gasteiger partial charge in [-0.05, 0) is 24.3 Å². The number of furan rings is 1. The number of hydrogen-bond acceptors (Lipinski definition) is 8. The number of cyclic esters (lactones) is 1. The molecule has 1 aromatic heterocycles. The summed E-state index contributed by atoms with van der Waals surface area (Å²) in [5.41, 5.74) is 0.773. The Morgan fingerprint density at radius 1 is 1.22 bits per heavy atom. The highest BCUT2D eigenvalue weighted by Crippen LogP contribution is 2.50. The van der Waals surface area contributed by atoms with Crippen molar-refractivity contribution in [3.63, 3.8) is 0 Å². The maximum Gasteiger partial charge on any atom is 0.433 e. The molecule has 190 valence electrons. The molecule has 2 saturated heterocycles. The van der Waals surface area contributed by atoms with Gasteiger partial charge in [0.1, 0.15) is 16.8 Å². The van der Waals surface area contributed by atoms with E-state index in [4.69, 9.17) is 9.15 Å². The van der Waals surface area contributed by atoms with Gasteiger partial charge in [0.2, 0.25) is 5.91 Å². The summed E-state index contributed by atoms with van der Waals surface area (Å²) in [6.45, 7) is 2.85. The number of carbonyl (C=O) groups excluding carboxylic acids is 3. The molecule has 3 aliphatic rings. The van der Waals surface area contributed by atoms with E-state index in [-0.39, 0.29) is 42.6 Å². The smallest absolute Gasteiger partial charge is 0.433 e. The van der Waals surface area contributed by atoms with Gasteiger partial charge in [-0.3, -0.25) is 24.6 Å². The van der Waals surface area contributed by atoms with Crippen LogP contribution in [0.4, 0.5) is 26.4 Å². The number of hydrogen-bond donors (Lipinski definition) is 1. The number of carbonyl (C=O) groups is 3. The van der Waals surface area contributed by atoms with Gasteiger partial charge in [-0.1, -0.05) is 0 Å². The quantitative estimate of drug-likeness (QED) is 0.449. The van der Waals surface area contributed by atoms with Gasteiger partial charge in [-0.25, -0.2) is 9.18 Å². The van der Waals surface area contributed by atoms with E-state index in [1.165, 1.54) is 28.9 Å². The first-order valence-electron chi connectivity index (χ1n) is 11.4. The molecule has 13 heteroatoms. The molecule has 0 spiro atoms. The van der Waals surface area contributed by atoms with Crippen LogP contribution in [0.25, 0.3) is 0 Å². The number of nitro groups is 1. The number of nitrogens with zero attached hydrogens (tertiary/aromatic N) is 4. The van der Waals surface area contributed by atoms with E-state index >= 15 is 4.39 Å². The lowest BCUT2D eigenvalue weighted by atomic mass is 10.2. The number of ether oxygens (including phenoxy) is 1. The minimum Gasteiger partial charge on any atom is -0.442 e. The number of benzene rings is 1. The summed E-state index contributed by atoms with van der Waals surface area (Å²) in [6.07, 6.45) is -1.11. The van der Waals surface area contributed by atoms with Crippen molar-refractivity contribution in [2.45, 2.75) is 19.1 Å². The second-order valence-corrected chi connectivity index (χ2v) is 9.22. The van der Waals surface area contributed by atoms with Crippen molar-refractivity contribution >= 4 is 35.2 Å². The first-order valence-corrected chi connectivity index (χ1v) is 11.4. The highest BCUT2D eigenvalue weighted by molar-refractivity contribution is 5.92. The number of rotatable bonds is 7. The molecule has 3 amide bonds. The zero-order chi connectivity index (χ0) is 25.7. The molecule has 1 aliphatic carbocycles. The second-order valence-electron chi connectivity index (χ2n) is 9.22. The lowest BCUT2D eigenvalue weighted by molar-refractivity contribution is -0.402. The first kappa shape index (κ1) is 23.6. The summed E-state index contributed by atoms with van der Waals surface area (Å²) < 4.78 is 25.3. The Balaban J connectivity index is 1.19. The second kappa shape index (κ2) is 8.81. The van der Waals surface area contributed by atoms with Crippen molar-refractivity contribution in [3.05, 3.63) is 52.0 Å².